The van der Waals surface area contributed by atoms with Crippen molar-refractivity contribution in [1.82, 2.24) is 15.2 Å². The first kappa shape index (κ1) is 22.3. The fourth-order valence-corrected chi connectivity index (χ4v) is 4.64. The lowest BCUT2D eigenvalue weighted by Crippen LogP contribution is -2.44. The lowest BCUT2D eigenvalue weighted by molar-refractivity contribution is 0.311. The van der Waals surface area contributed by atoms with E-state index < -0.39 is 17.5 Å². The summed E-state index contributed by atoms with van der Waals surface area (Å²) in [6.45, 7) is 7.45. The number of anilines is 2. The Kier molecular flexibility index (Phi) is 5.69. The van der Waals surface area contributed by atoms with Crippen LogP contribution in [0.3, 0.4) is 0 Å². The summed E-state index contributed by atoms with van der Waals surface area (Å²) in [5.41, 5.74) is 9.66. The zero-order valence-corrected chi connectivity index (χ0v) is 19.0. The van der Waals surface area contributed by atoms with Crippen molar-refractivity contribution in [2.45, 2.75) is 6.42 Å². The highest BCUT2D eigenvalue weighted by Crippen LogP contribution is 2.36. The highest BCUT2D eigenvalue weighted by Gasteiger charge is 2.22. The van der Waals surface area contributed by atoms with Gasteiger partial charge in [-0.05, 0) is 43.3 Å². The van der Waals surface area contributed by atoms with Crippen LogP contribution in [0.15, 0.2) is 43.1 Å². The van der Waals surface area contributed by atoms with E-state index >= 15 is 13.2 Å². The fraction of sp³-hybridized carbons (Fsp3) is 0.269. The molecule has 8 heteroatoms. The molecule has 5 rings (SSSR count). The molecule has 34 heavy (non-hydrogen) atoms. The zero-order chi connectivity index (χ0) is 24.0. The van der Waals surface area contributed by atoms with Crippen LogP contribution in [0.2, 0.25) is 0 Å². The van der Waals surface area contributed by atoms with E-state index in [-0.39, 0.29) is 22.6 Å². The van der Waals surface area contributed by atoms with Crippen molar-refractivity contribution in [2.24, 2.45) is 0 Å². The molecule has 1 aromatic heterocycles. The summed E-state index contributed by atoms with van der Waals surface area (Å²) in [6, 6.07) is 7.14. The van der Waals surface area contributed by atoms with E-state index in [1.165, 1.54) is 24.4 Å². The van der Waals surface area contributed by atoms with Crippen molar-refractivity contribution in [2.75, 3.05) is 50.4 Å². The topological polar surface area (TPSA) is 57.4 Å². The molecule has 0 aliphatic carbocycles. The molecule has 0 amide bonds. The number of likely N-dealkylation sites (N-methyl/N-ethyl adjacent to an activating group) is 1. The Hall–Kier alpha value is -3.52. The van der Waals surface area contributed by atoms with Crippen LogP contribution in [0.4, 0.5) is 24.7 Å². The maximum Gasteiger partial charge on any atom is 0.147 e. The first-order chi connectivity index (χ1) is 16.3. The van der Waals surface area contributed by atoms with Crippen molar-refractivity contribution < 1.29 is 13.2 Å². The average Bonchev–Trinajstić information content (AvgIpc) is 2.82. The number of rotatable bonds is 3. The Labute approximate surface area is 196 Å². The minimum absolute atomic E-state index is 0.0556. The average molecular weight is 466 g/mol. The molecule has 0 radical (unpaired) electrons. The predicted octanol–water partition coefficient (Wildman–Crippen LogP) is 4.28. The van der Waals surface area contributed by atoms with Crippen molar-refractivity contribution in [3.05, 3.63) is 71.7 Å². The second kappa shape index (κ2) is 8.68. The number of nitrogens with zero attached hydrogens (tertiary/aromatic N) is 3. The van der Waals surface area contributed by atoms with Crippen LogP contribution in [0.1, 0.15) is 11.1 Å². The van der Waals surface area contributed by atoms with Crippen LogP contribution < -0.4 is 16.0 Å². The monoisotopic (exact) mass is 465 g/mol. The normalized spacial score (nSPS) is 16.4. The highest BCUT2D eigenvalue weighted by molar-refractivity contribution is 5.82. The molecule has 1 saturated heterocycles. The summed E-state index contributed by atoms with van der Waals surface area (Å²) in [7, 11) is 2.00. The number of nitrogens with one attached hydrogen (secondary N) is 1. The summed E-state index contributed by atoms with van der Waals surface area (Å²) < 4.78 is 45.3. The molecule has 0 spiro atoms. The van der Waals surface area contributed by atoms with Crippen LogP contribution in [-0.4, -0.2) is 49.7 Å². The molecule has 5 nitrogen and oxygen atoms in total. The molecular weight excluding hydrogens is 439 g/mol. The van der Waals surface area contributed by atoms with Gasteiger partial charge in [0.15, 0.2) is 0 Å². The van der Waals surface area contributed by atoms with Gasteiger partial charge in [-0.2, -0.15) is 0 Å². The molecule has 3 N–H and O–H groups in total. The second-order valence-electron chi connectivity index (χ2n) is 8.88. The van der Waals surface area contributed by atoms with Crippen molar-refractivity contribution >= 4 is 17.2 Å². The minimum atomic E-state index is -0.568. The van der Waals surface area contributed by atoms with Gasteiger partial charge in [-0.15, -0.1) is 0 Å². The molecule has 3 aromatic rings. The molecule has 1 fully saturated rings. The number of benzene rings is 2. The third kappa shape index (κ3) is 3.98. The number of halogens is 3. The quantitative estimate of drug-likeness (QED) is 0.605. The van der Waals surface area contributed by atoms with E-state index in [0.29, 0.717) is 42.9 Å². The third-order valence-corrected chi connectivity index (χ3v) is 6.65. The minimum Gasteiger partial charge on any atom is -0.385 e. The third-order valence-electron chi connectivity index (χ3n) is 6.65. The predicted molar refractivity (Wildman–Crippen MR) is 130 cm³/mol. The summed E-state index contributed by atoms with van der Waals surface area (Å²) in [6.07, 6.45) is 2.09. The van der Waals surface area contributed by atoms with Gasteiger partial charge in [0.1, 0.15) is 23.3 Å². The Morgan fingerprint density at radius 3 is 2.35 bits per heavy atom. The number of piperazine rings is 1. The molecule has 0 unspecified atom stereocenters. The maximum absolute atomic E-state index is 15.2. The lowest BCUT2D eigenvalue weighted by atomic mass is 9.92. The van der Waals surface area contributed by atoms with Gasteiger partial charge in [0.2, 0.25) is 0 Å². The molecule has 0 atom stereocenters. The lowest BCUT2D eigenvalue weighted by Gasteiger charge is -2.34. The summed E-state index contributed by atoms with van der Waals surface area (Å²) in [5, 5.41) is 3.13. The van der Waals surface area contributed by atoms with Gasteiger partial charge in [-0.1, -0.05) is 6.58 Å². The number of aromatic nitrogens is 1. The molecule has 2 aromatic carbocycles. The fourth-order valence-electron chi connectivity index (χ4n) is 4.64. The number of hydrogen-bond acceptors (Lipinski definition) is 5. The molecule has 0 bridgehead atoms. The van der Waals surface area contributed by atoms with Gasteiger partial charge >= 0.3 is 0 Å². The Balaban J connectivity index is 1.54. The molecule has 2 aliphatic heterocycles. The second-order valence-corrected chi connectivity index (χ2v) is 8.88. The Morgan fingerprint density at radius 2 is 1.59 bits per heavy atom. The number of hydrogen-bond donors (Lipinski definition) is 2. The van der Waals surface area contributed by atoms with Gasteiger partial charge in [0, 0.05) is 78.5 Å². The molecule has 176 valence electrons. The van der Waals surface area contributed by atoms with Gasteiger partial charge in [-0.25, -0.2) is 18.2 Å². The first-order valence-corrected chi connectivity index (χ1v) is 11.3. The van der Waals surface area contributed by atoms with Crippen LogP contribution in [-0.2, 0) is 6.42 Å². The number of pyridine rings is 1. The van der Waals surface area contributed by atoms with E-state index in [4.69, 9.17) is 5.73 Å². The van der Waals surface area contributed by atoms with Gasteiger partial charge in [-0.3, -0.25) is 0 Å². The largest absolute Gasteiger partial charge is 0.385 e. The van der Waals surface area contributed by atoms with Crippen molar-refractivity contribution in [3.8, 4) is 22.3 Å². The Morgan fingerprint density at radius 1 is 0.882 bits per heavy atom. The van der Waals surface area contributed by atoms with Crippen molar-refractivity contribution in [1.29, 1.82) is 0 Å². The van der Waals surface area contributed by atoms with E-state index in [2.05, 4.69) is 21.8 Å². The van der Waals surface area contributed by atoms with Crippen LogP contribution >= 0.6 is 0 Å². The summed E-state index contributed by atoms with van der Waals surface area (Å²) >= 11 is 0. The van der Waals surface area contributed by atoms with Crippen LogP contribution in [0, 0.1) is 17.5 Å². The van der Waals surface area contributed by atoms with E-state index in [1.807, 2.05) is 11.9 Å². The van der Waals surface area contributed by atoms with Gasteiger partial charge < -0.3 is 20.9 Å². The van der Waals surface area contributed by atoms with E-state index in [0.717, 1.165) is 24.2 Å². The Bertz CT molecular complexity index is 1280. The van der Waals surface area contributed by atoms with Crippen LogP contribution in [0.25, 0.3) is 28.0 Å². The van der Waals surface area contributed by atoms with E-state index in [1.54, 1.807) is 12.1 Å². The van der Waals surface area contributed by atoms with Gasteiger partial charge in [0.05, 0.1) is 5.69 Å². The first-order valence-electron chi connectivity index (χ1n) is 11.3. The van der Waals surface area contributed by atoms with Crippen LogP contribution in [0.5, 0.6) is 0 Å². The molecule has 2 aliphatic rings. The molecular formula is C26H26F3N5. The zero-order valence-electron chi connectivity index (χ0n) is 19.0. The SMILES string of the molecule is C=C1NCCc2cc(-c3cc(-c4cc(F)c(N5CCN(C)CC5)cc4F)cnc3N)c(F)cc21. The number of fused-ring (bicyclic) bond motifs is 1. The molecule has 0 saturated carbocycles. The smallest absolute Gasteiger partial charge is 0.147 e. The maximum atomic E-state index is 15.2. The highest BCUT2D eigenvalue weighted by atomic mass is 19.1. The number of nitrogens with two attached hydrogens (primary N) is 1. The standard InChI is InChI=1S/C26H26F3N5/c1-15-18-11-22(27)20(9-16(18)3-4-31-15)21-10-17(14-32-26(21)30)19-12-24(29)25(13-23(19)28)34-7-5-33(2)6-8-34/h9-14,31H,1,3-8H2,2H3,(H2,30,32). The summed E-state index contributed by atoms with van der Waals surface area (Å²) in [4.78, 5) is 8.16. The van der Waals surface area contributed by atoms with Crippen molar-refractivity contribution in [3.63, 3.8) is 0 Å². The summed E-state index contributed by atoms with van der Waals surface area (Å²) in [5.74, 6) is -1.44. The molecule has 3 heterocycles. The van der Waals surface area contributed by atoms with Gasteiger partial charge in [0.25, 0.3) is 0 Å². The number of nitrogen functional groups attached to an aromatic ring is 1. The van der Waals surface area contributed by atoms with E-state index in [9.17, 15) is 0 Å².